The van der Waals surface area contributed by atoms with Gasteiger partial charge in [-0.25, -0.2) is 4.39 Å². The Labute approximate surface area is 132 Å². The average molecular weight is 323 g/mol. The lowest BCUT2D eigenvalue weighted by Crippen LogP contribution is -2.12. The van der Waals surface area contributed by atoms with E-state index in [0.29, 0.717) is 6.42 Å². The second-order valence-electron chi connectivity index (χ2n) is 5.18. The number of benzene rings is 1. The highest BCUT2D eigenvalue weighted by Gasteiger charge is 2.17. The fourth-order valence-corrected chi connectivity index (χ4v) is 4.92. The van der Waals surface area contributed by atoms with Crippen molar-refractivity contribution in [3.8, 4) is 5.75 Å². The zero-order chi connectivity index (χ0) is 14.8. The number of nitrogens with two attached hydrogens (primary N) is 1. The number of methoxy groups -OCH3 is 1. The summed E-state index contributed by atoms with van der Waals surface area (Å²) in [6, 6.07) is 7.22. The molecule has 0 aliphatic carbocycles. The number of hydrogen-bond acceptors (Lipinski definition) is 4. The topological polar surface area (TPSA) is 35.2 Å². The fourth-order valence-electron chi connectivity index (χ4n) is 2.54. The van der Waals surface area contributed by atoms with Crippen LogP contribution in [0.4, 0.5) is 4.39 Å². The molecule has 0 saturated carbocycles. The minimum Gasteiger partial charge on any atom is -0.494 e. The van der Waals surface area contributed by atoms with E-state index in [2.05, 4.69) is 6.07 Å². The van der Waals surface area contributed by atoms with Gasteiger partial charge in [0.25, 0.3) is 0 Å². The molecule has 0 radical (unpaired) electrons. The Hall–Kier alpha value is -1.04. The SMILES string of the molecule is COc1ccc(CC(N)c2cc3c(s2)CCSC3)cc1F. The summed E-state index contributed by atoms with van der Waals surface area (Å²) < 4.78 is 18.7. The van der Waals surface area contributed by atoms with Crippen LogP contribution in [-0.2, 0) is 18.6 Å². The molecule has 1 aliphatic heterocycles. The maximum Gasteiger partial charge on any atom is 0.165 e. The van der Waals surface area contributed by atoms with E-state index in [9.17, 15) is 4.39 Å². The van der Waals surface area contributed by atoms with Crippen LogP contribution in [0.15, 0.2) is 24.3 Å². The lowest BCUT2D eigenvalue weighted by Gasteiger charge is -2.10. The van der Waals surface area contributed by atoms with Crippen LogP contribution < -0.4 is 10.5 Å². The van der Waals surface area contributed by atoms with Gasteiger partial charge in [-0.2, -0.15) is 11.8 Å². The van der Waals surface area contributed by atoms with Gasteiger partial charge >= 0.3 is 0 Å². The number of rotatable bonds is 4. The third-order valence-electron chi connectivity index (χ3n) is 3.68. The van der Waals surface area contributed by atoms with Gasteiger partial charge in [0.05, 0.1) is 7.11 Å². The third kappa shape index (κ3) is 3.25. The van der Waals surface area contributed by atoms with Crippen molar-refractivity contribution in [1.29, 1.82) is 0 Å². The van der Waals surface area contributed by atoms with Gasteiger partial charge in [0.1, 0.15) is 0 Å². The van der Waals surface area contributed by atoms with Crippen LogP contribution in [0.1, 0.15) is 26.9 Å². The predicted octanol–water partition coefficient (Wildman–Crippen LogP) is 3.93. The van der Waals surface area contributed by atoms with Gasteiger partial charge in [0, 0.05) is 21.5 Å². The Morgan fingerprint density at radius 2 is 2.24 bits per heavy atom. The van der Waals surface area contributed by atoms with E-state index < -0.39 is 0 Å². The summed E-state index contributed by atoms with van der Waals surface area (Å²) in [6.45, 7) is 0. The zero-order valence-electron chi connectivity index (χ0n) is 11.9. The second kappa shape index (κ2) is 6.38. The van der Waals surface area contributed by atoms with Crippen LogP contribution in [0.3, 0.4) is 0 Å². The van der Waals surface area contributed by atoms with Crippen molar-refractivity contribution in [1.82, 2.24) is 0 Å². The van der Waals surface area contributed by atoms with E-state index in [1.165, 1.54) is 34.2 Å². The number of fused-ring (bicyclic) bond motifs is 1. The highest BCUT2D eigenvalue weighted by atomic mass is 32.2. The van der Waals surface area contributed by atoms with E-state index in [0.717, 1.165) is 17.7 Å². The van der Waals surface area contributed by atoms with E-state index >= 15 is 0 Å². The van der Waals surface area contributed by atoms with Gasteiger partial charge in [-0.1, -0.05) is 6.07 Å². The molecule has 0 bridgehead atoms. The van der Waals surface area contributed by atoms with Gasteiger partial charge in [-0.3, -0.25) is 0 Å². The first-order valence-electron chi connectivity index (χ1n) is 6.94. The first-order valence-corrected chi connectivity index (χ1v) is 8.91. The number of thiophene rings is 1. The Kier molecular flexibility index (Phi) is 4.52. The Bertz CT molecular complexity index is 618. The number of aryl methyl sites for hydroxylation is 1. The molecule has 0 fully saturated rings. The molecule has 2 aromatic rings. The van der Waals surface area contributed by atoms with Crippen LogP contribution in [0.2, 0.25) is 0 Å². The molecule has 112 valence electrons. The fraction of sp³-hybridized carbons (Fsp3) is 0.375. The monoisotopic (exact) mass is 323 g/mol. The Morgan fingerprint density at radius 1 is 1.38 bits per heavy atom. The van der Waals surface area contributed by atoms with Crippen LogP contribution in [0.5, 0.6) is 5.75 Å². The summed E-state index contributed by atoms with van der Waals surface area (Å²) in [5.74, 6) is 2.24. The molecule has 3 rings (SSSR count). The molecule has 1 atom stereocenters. The molecule has 2 N–H and O–H groups in total. The molecule has 0 saturated heterocycles. The van der Waals surface area contributed by atoms with Crippen molar-refractivity contribution in [3.63, 3.8) is 0 Å². The maximum absolute atomic E-state index is 13.7. The minimum absolute atomic E-state index is 0.0709. The van der Waals surface area contributed by atoms with Gasteiger partial charge in [-0.05, 0) is 47.9 Å². The summed E-state index contributed by atoms with van der Waals surface area (Å²) in [5, 5.41) is 0. The lowest BCUT2D eigenvalue weighted by molar-refractivity contribution is 0.386. The second-order valence-corrected chi connectivity index (χ2v) is 7.45. The van der Waals surface area contributed by atoms with Gasteiger partial charge in [0.15, 0.2) is 11.6 Å². The molecule has 2 heterocycles. The smallest absolute Gasteiger partial charge is 0.165 e. The molecule has 0 spiro atoms. The molecule has 1 unspecified atom stereocenters. The van der Waals surface area contributed by atoms with Crippen molar-refractivity contribution in [3.05, 3.63) is 51.0 Å². The molecule has 1 aliphatic rings. The highest BCUT2D eigenvalue weighted by Crippen LogP contribution is 2.34. The maximum atomic E-state index is 13.7. The summed E-state index contributed by atoms with van der Waals surface area (Å²) >= 11 is 3.79. The molecule has 5 heteroatoms. The highest BCUT2D eigenvalue weighted by molar-refractivity contribution is 7.98. The van der Waals surface area contributed by atoms with Crippen molar-refractivity contribution in [2.75, 3.05) is 12.9 Å². The Morgan fingerprint density at radius 3 is 2.95 bits per heavy atom. The number of halogens is 1. The van der Waals surface area contributed by atoms with Crippen molar-refractivity contribution < 1.29 is 9.13 Å². The van der Waals surface area contributed by atoms with Crippen LogP contribution in [0, 0.1) is 5.82 Å². The zero-order valence-corrected chi connectivity index (χ0v) is 13.5. The van der Waals surface area contributed by atoms with Crippen LogP contribution in [-0.4, -0.2) is 12.9 Å². The molecule has 21 heavy (non-hydrogen) atoms. The molecule has 1 aromatic carbocycles. The summed E-state index contributed by atoms with van der Waals surface area (Å²) in [4.78, 5) is 2.68. The summed E-state index contributed by atoms with van der Waals surface area (Å²) in [6.07, 6.45) is 1.79. The number of ether oxygens (including phenoxy) is 1. The molecular weight excluding hydrogens is 305 g/mol. The molecule has 1 aromatic heterocycles. The normalized spacial score (nSPS) is 15.6. The predicted molar refractivity (Wildman–Crippen MR) is 87.8 cm³/mol. The lowest BCUT2D eigenvalue weighted by atomic mass is 10.0. The molecule has 2 nitrogen and oxygen atoms in total. The standard InChI is InChI=1S/C16H18FNOS2/c1-19-14-3-2-10(6-12(14)17)7-13(18)16-8-11-9-20-5-4-15(11)21-16/h2-3,6,8,13H,4-5,7,9,18H2,1H3. The van der Waals surface area contributed by atoms with E-state index in [-0.39, 0.29) is 17.6 Å². The van der Waals surface area contributed by atoms with Crippen molar-refractivity contribution in [2.45, 2.75) is 24.6 Å². The van der Waals surface area contributed by atoms with Gasteiger partial charge < -0.3 is 10.5 Å². The molecule has 0 amide bonds. The van der Waals surface area contributed by atoms with Crippen molar-refractivity contribution in [2.24, 2.45) is 5.73 Å². The van der Waals surface area contributed by atoms with E-state index in [1.807, 2.05) is 29.2 Å². The quantitative estimate of drug-likeness (QED) is 0.926. The first kappa shape index (κ1) is 14.9. The Balaban J connectivity index is 1.75. The summed E-state index contributed by atoms with van der Waals surface area (Å²) in [7, 11) is 1.47. The van der Waals surface area contributed by atoms with Crippen LogP contribution in [0.25, 0.3) is 0 Å². The summed E-state index contributed by atoms with van der Waals surface area (Å²) in [5.41, 5.74) is 8.65. The van der Waals surface area contributed by atoms with Gasteiger partial charge in [-0.15, -0.1) is 11.3 Å². The average Bonchev–Trinajstić information content (AvgIpc) is 2.91. The van der Waals surface area contributed by atoms with Crippen LogP contribution >= 0.6 is 23.1 Å². The minimum atomic E-state index is -0.330. The van der Waals surface area contributed by atoms with Crippen molar-refractivity contribution >= 4 is 23.1 Å². The first-order chi connectivity index (χ1) is 10.2. The number of hydrogen-bond donors (Lipinski definition) is 1. The van der Waals surface area contributed by atoms with Gasteiger partial charge in [0.2, 0.25) is 0 Å². The van der Waals surface area contributed by atoms with E-state index in [1.54, 1.807) is 6.07 Å². The third-order valence-corrected chi connectivity index (χ3v) is 6.06. The molecular formula is C16H18FNOS2. The largest absolute Gasteiger partial charge is 0.494 e. The number of thioether (sulfide) groups is 1. The van der Waals surface area contributed by atoms with E-state index in [4.69, 9.17) is 10.5 Å².